The van der Waals surface area contributed by atoms with Gasteiger partial charge < -0.3 is 16.4 Å². The molecule has 17 heavy (non-hydrogen) atoms. The number of halogens is 1. The average Bonchev–Trinajstić information content (AvgIpc) is 2.27. The normalized spacial score (nSPS) is 11.6. The molecule has 0 bridgehead atoms. The van der Waals surface area contributed by atoms with Crippen LogP contribution in [0, 0.1) is 0 Å². The minimum Gasteiger partial charge on any atom is -0.388 e. The standard InChI is InChI=1S/C13H26FN3/c1-3-6-13(11-12(2)14)17-9-5-4-8-16-10-7-15/h11,16-17H,2-10,15H2,1H3/b13-11+. The van der Waals surface area contributed by atoms with Crippen LogP contribution in [-0.2, 0) is 0 Å². The van der Waals surface area contributed by atoms with Gasteiger partial charge in [-0.2, -0.15) is 0 Å². The fourth-order valence-electron chi connectivity index (χ4n) is 1.52. The highest BCUT2D eigenvalue weighted by Gasteiger charge is 1.96. The van der Waals surface area contributed by atoms with E-state index in [2.05, 4.69) is 24.1 Å². The molecule has 0 rings (SSSR count). The molecule has 4 N–H and O–H groups in total. The summed E-state index contributed by atoms with van der Waals surface area (Å²) in [4.78, 5) is 0. The molecule has 0 radical (unpaired) electrons. The second-order valence-electron chi connectivity index (χ2n) is 4.04. The van der Waals surface area contributed by atoms with Crippen molar-refractivity contribution < 1.29 is 4.39 Å². The molecular weight excluding hydrogens is 217 g/mol. The maximum absolute atomic E-state index is 12.7. The number of unbranched alkanes of at least 4 members (excludes halogenated alkanes) is 1. The van der Waals surface area contributed by atoms with E-state index in [1.807, 2.05) is 0 Å². The lowest BCUT2D eigenvalue weighted by atomic mass is 10.2. The third-order valence-corrected chi connectivity index (χ3v) is 2.30. The summed E-state index contributed by atoms with van der Waals surface area (Å²) in [6.07, 6.45) is 5.52. The minimum atomic E-state index is -0.384. The van der Waals surface area contributed by atoms with Gasteiger partial charge in [0.1, 0.15) is 5.83 Å². The van der Waals surface area contributed by atoms with Crippen LogP contribution in [0.3, 0.4) is 0 Å². The topological polar surface area (TPSA) is 50.1 Å². The highest BCUT2D eigenvalue weighted by Crippen LogP contribution is 2.06. The second kappa shape index (κ2) is 11.6. The predicted molar refractivity (Wildman–Crippen MR) is 72.4 cm³/mol. The Hall–Kier alpha value is -0.870. The van der Waals surface area contributed by atoms with Gasteiger partial charge in [0.05, 0.1) is 0 Å². The van der Waals surface area contributed by atoms with Gasteiger partial charge in [0.15, 0.2) is 0 Å². The van der Waals surface area contributed by atoms with Crippen LogP contribution in [-0.4, -0.2) is 26.2 Å². The molecule has 0 amide bonds. The Morgan fingerprint density at radius 3 is 2.59 bits per heavy atom. The smallest absolute Gasteiger partial charge is 0.117 e. The number of hydrogen-bond donors (Lipinski definition) is 3. The van der Waals surface area contributed by atoms with E-state index in [4.69, 9.17) is 5.73 Å². The molecule has 4 heteroatoms. The van der Waals surface area contributed by atoms with Crippen LogP contribution in [0.4, 0.5) is 4.39 Å². The van der Waals surface area contributed by atoms with Crippen molar-refractivity contribution in [2.24, 2.45) is 5.73 Å². The molecule has 0 saturated carbocycles. The quantitative estimate of drug-likeness (QED) is 0.384. The van der Waals surface area contributed by atoms with E-state index in [9.17, 15) is 4.39 Å². The first-order valence-corrected chi connectivity index (χ1v) is 6.40. The number of rotatable bonds is 11. The lowest BCUT2D eigenvalue weighted by Crippen LogP contribution is -2.24. The van der Waals surface area contributed by atoms with E-state index in [0.717, 1.165) is 51.0 Å². The maximum atomic E-state index is 12.7. The van der Waals surface area contributed by atoms with E-state index in [1.165, 1.54) is 6.08 Å². The number of nitrogens with two attached hydrogens (primary N) is 1. The van der Waals surface area contributed by atoms with Crippen molar-refractivity contribution in [1.29, 1.82) is 0 Å². The number of hydrogen-bond acceptors (Lipinski definition) is 3. The maximum Gasteiger partial charge on any atom is 0.117 e. The van der Waals surface area contributed by atoms with E-state index in [0.29, 0.717) is 6.54 Å². The van der Waals surface area contributed by atoms with Gasteiger partial charge in [-0.1, -0.05) is 19.9 Å². The number of allylic oxidation sites excluding steroid dienone is 3. The van der Waals surface area contributed by atoms with Crippen LogP contribution < -0.4 is 16.4 Å². The molecule has 0 unspecified atom stereocenters. The molecule has 100 valence electrons. The van der Waals surface area contributed by atoms with E-state index >= 15 is 0 Å². The third-order valence-electron chi connectivity index (χ3n) is 2.30. The molecule has 0 aliphatic rings. The summed E-state index contributed by atoms with van der Waals surface area (Å²) in [6, 6.07) is 0. The Morgan fingerprint density at radius 2 is 2.00 bits per heavy atom. The summed E-state index contributed by atoms with van der Waals surface area (Å²) < 4.78 is 12.7. The van der Waals surface area contributed by atoms with Crippen LogP contribution in [0.15, 0.2) is 24.2 Å². The lowest BCUT2D eigenvalue weighted by molar-refractivity contribution is 0.600. The van der Waals surface area contributed by atoms with Crippen molar-refractivity contribution in [1.82, 2.24) is 10.6 Å². The molecule has 0 aliphatic carbocycles. The Morgan fingerprint density at radius 1 is 1.29 bits per heavy atom. The van der Waals surface area contributed by atoms with Gasteiger partial charge in [0, 0.05) is 25.3 Å². The first-order chi connectivity index (χ1) is 8.20. The molecule has 0 spiro atoms. The summed E-state index contributed by atoms with van der Waals surface area (Å²) in [7, 11) is 0. The SMILES string of the molecule is C=C(F)/C=C(\CCC)NCCCCNCCN. The summed E-state index contributed by atoms with van der Waals surface area (Å²) in [6.45, 7) is 8.75. The molecule has 0 aromatic rings. The van der Waals surface area contributed by atoms with Gasteiger partial charge in [0.2, 0.25) is 0 Å². The molecule has 0 atom stereocenters. The molecule has 0 heterocycles. The van der Waals surface area contributed by atoms with E-state index in [1.54, 1.807) is 0 Å². The van der Waals surface area contributed by atoms with Crippen molar-refractivity contribution in [2.75, 3.05) is 26.2 Å². The number of nitrogens with one attached hydrogen (secondary N) is 2. The van der Waals surface area contributed by atoms with Gasteiger partial charge in [-0.25, -0.2) is 4.39 Å². The van der Waals surface area contributed by atoms with Gasteiger partial charge >= 0.3 is 0 Å². The Kier molecular flexibility index (Phi) is 11.0. The fraction of sp³-hybridized carbons (Fsp3) is 0.692. The van der Waals surface area contributed by atoms with Crippen molar-refractivity contribution in [3.05, 3.63) is 24.2 Å². The lowest BCUT2D eigenvalue weighted by Gasteiger charge is -2.10. The van der Waals surface area contributed by atoms with Crippen molar-refractivity contribution in [3.8, 4) is 0 Å². The zero-order valence-corrected chi connectivity index (χ0v) is 10.9. The molecule has 0 fully saturated rings. The zero-order valence-electron chi connectivity index (χ0n) is 10.9. The van der Waals surface area contributed by atoms with Crippen molar-refractivity contribution in [3.63, 3.8) is 0 Å². The van der Waals surface area contributed by atoms with Gasteiger partial charge in [-0.15, -0.1) is 0 Å². The summed E-state index contributed by atoms with van der Waals surface area (Å²) >= 11 is 0. The first-order valence-electron chi connectivity index (χ1n) is 6.40. The van der Waals surface area contributed by atoms with E-state index < -0.39 is 0 Å². The van der Waals surface area contributed by atoms with E-state index in [-0.39, 0.29) is 5.83 Å². The molecule has 0 aromatic carbocycles. The summed E-state index contributed by atoms with van der Waals surface area (Å²) in [5.74, 6) is -0.384. The van der Waals surface area contributed by atoms with Crippen LogP contribution in [0.1, 0.15) is 32.6 Å². The monoisotopic (exact) mass is 243 g/mol. The highest BCUT2D eigenvalue weighted by molar-refractivity contribution is 5.13. The Balaban J connectivity index is 3.58. The highest BCUT2D eigenvalue weighted by atomic mass is 19.1. The largest absolute Gasteiger partial charge is 0.388 e. The Bertz CT molecular complexity index is 227. The van der Waals surface area contributed by atoms with Crippen LogP contribution in [0.25, 0.3) is 0 Å². The van der Waals surface area contributed by atoms with Gasteiger partial charge in [0.25, 0.3) is 0 Å². The van der Waals surface area contributed by atoms with Crippen molar-refractivity contribution >= 4 is 0 Å². The predicted octanol–water partition coefficient (Wildman–Crippen LogP) is 2.07. The summed E-state index contributed by atoms with van der Waals surface area (Å²) in [5.41, 5.74) is 6.30. The van der Waals surface area contributed by atoms with Crippen LogP contribution >= 0.6 is 0 Å². The zero-order chi connectivity index (χ0) is 12.9. The second-order valence-corrected chi connectivity index (χ2v) is 4.04. The molecule has 3 nitrogen and oxygen atoms in total. The van der Waals surface area contributed by atoms with Gasteiger partial charge in [-0.05, 0) is 31.9 Å². The summed E-state index contributed by atoms with van der Waals surface area (Å²) in [5, 5.41) is 6.49. The Labute approximate surface area is 104 Å². The minimum absolute atomic E-state index is 0.384. The molecular formula is C13H26FN3. The third kappa shape index (κ3) is 11.4. The van der Waals surface area contributed by atoms with Crippen molar-refractivity contribution in [2.45, 2.75) is 32.6 Å². The molecule has 0 saturated heterocycles. The first kappa shape index (κ1) is 16.1. The fourth-order valence-corrected chi connectivity index (χ4v) is 1.52. The van der Waals surface area contributed by atoms with Gasteiger partial charge in [-0.3, -0.25) is 0 Å². The van der Waals surface area contributed by atoms with Crippen LogP contribution in [0.5, 0.6) is 0 Å². The molecule has 0 aromatic heterocycles. The average molecular weight is 243 g/mol. The van der Waals surface area contributed by atoms with Crippen LogP contribution in [0.2, 0.25) is 0 Å². The molecule has 0 aliphatic heterocycles.